The van der Waals surface area contributed by atoms with Gasteiger partial charge in [-0.2, -0.15) is 0 Å². The zero-order chi connectivity index (χ0) is 5.54. The molecule has 3 heteroatoms. The Balaban J connectivity index is 2.56. The molecular weight excluding hydrogens is 128 g/mol. The molecule has 0 rings (SSSR count). The second-order valence-electron chi connectivity index (χ2n) is 0.906. The Morgan fingerprint density at radius 1 is 1.86 bits per heavy atom. The highest BCUT2D eigenvalue weighted by atomic mass is 33.1. The molecule has 0 bridgehead atoms. The van der Waals surface area contributed by atoms with E-state index in [0.29, 0.717) is 12.5 Å². The molecule has 0 atom stereocenters. The lowest BCUT2D eigenvalue weighted by atomic mass is 10.7. The molecule has 1 nitrogen and oxygen atoms in total. The number of hydrogen-bond donors (Lipinski definition) is 1. The lowest BCUT2D eigenvalue weighted by Crippen LogP contribution is -1.85. The Kier molecular flexibility index (Phi) is 6.77. The van der Waals surface area contributed by atoms with Gasteiger partial charge in [-0.05, 0) is 0 Å². The third-order valence-electron chi connectivity index (χ3n) is 0.372. The Bertz CT molecular complexity index is 47.0. The molecule has 0 aliphatic heterocycles. The normalized spacial score (nSPS) is 8.71. The van der Waals surface area contributed by atoms with E-state index in [4.69, 9.17) is 4.74 Å². The minimum atomic E-state index is 0.619. The van der Waals surface area contributed by atoms with Crippen molar-refractivity contribution in [3.05, 3.63) is 12.7 Å². The van der Waals surface area contributed by atoms with Gasteiger partial charge in [-0.15, -0.1) is 18.2 Å². The highest BCUT2D eigenvalue weighted by Crippen LogP contribution is 2.03. The molecule has 0 spiro atoms. The molecule has 0 radical (unpaired) electrons. The molecule has 0 aromatic heterocycles. The van der Waals surface area contributed by atoms with Gasteiger partial charge in [-0.1, -0.05) is 16.9 Å². The summed E-state index contributed by atoms with van der Waals surface area (Å²) in [5.41, 5.74) is 0. The van der Waals surface area contributed by atoms with Crippen LogP contribution < -0.4 is 0 Å². The highest BCUT2D eigenvalue weighted by Gasteiger charge is 1.75. The molecule has 42 valence electrons. The smallest absolute Gasteiger partial charge is 0.102 e. The maximum Gasteiger partial charge on any atom is 0.102 e. The van der Waals surface area contributed by atoms with Crippen molar-refractivity contribution in [2.75, 3.05) is 12.5 Å². The second-order valence-corrected chi connectivity index (χ2v) is 2.17. The van der Waals surface area contributed by atoms with Crippen LogP contribution in [-0.2, 0) is 4.74 Å². The summed E-state index contributed by atoms with van der Waals surface area (Å²) in [7, 11) is 1.37. The standard InChI is InChI=1S/C4H8OS2/c1-2-3-5-4-7-6/h2,6H,1,3-4H2. The first-order valence-electron chi connectivity index (χ1n) is 1.87. The van der Waals surface area contributed by atoms with Gasteiger partial charge in [-0.25, -0.2) is 0 Å². The van der Waals surface area contributed by atoms with E-state index in [1.54, 1.807) is 6.08 Å². The van der Waals surface area contributed by atoms with Gasteiger partial charge in [0.25, 0.3) is 0 Å². The fourth-order valence-electron chi connectivity index (χ4n) is 0.169. The number of hydrogen-bond acceptors (Lipinski definition) is 3. The van der Waals surface area contributed by atoms with E-state index >= 15 is 0 Å². The van der Waals surface area contributed by atoms with Crippen LogP contribution in [0.15, 0.2) is 12.7 Å². The van der Waals surface area contributed by atoms with Crippen molar-refractivity contribution < 1.29 is 4.74 Å². The topological polar surface area (TPSA) is 9.23 Å². The SMILES string of the molecule is C=CCOCSS. The fourth-order valence-corrected chi connectivity index (χ4v) is 0.563. The number of rotatable bonds is 4. The molecule has 0 unspecified atom stereocenters. The van der Waals surface area contributed by atoms with Crippen molar-refractivity contribution in [3.63, 3.8) is 0 Å². The maximum atomic E-state index is 4.90. The number of ether oxygens (including phenoxy) is 1. The summed E-state index contributed by atoms with van der Waals surface area (Å²) in [5, 5.41) is 0. The van der Waals surface area contributed by atoms with Crippen LogP contribution in [0.1, 0.15) is 0 Å². The van der Waals surface area contributed by atoms with Gasteiger partial charge in [0, 0.05) is 0 Å². The van der Waals surface area contributed by atoms with Crippen molar-refractivity contribution in [1.82, 2.24) is 0 Å². The van der Waals surface area contributed by atoms with E-state index in [1.807, 2.05) is 0 Å². The monoisotopic (exact) mass is 136 g/mol. The van der Waals surface area contributed by atoms with Gasteiger partial charge < -0.3 is 4.74 Å². The Hall–Kier alpha value is 0.400. The Morgan fingerprint density at radius 2 is 2.57 bits per heavy atom. The summed E-state index contributed by atoms with van der Waals surface area (Å²) < 4.78 is 4.90. The van der Waals surface area contributed by atoms with Crippen LogP contribution in [0, 0.1) is 0 Å². The van der Waals surface area contributed by atoms with Gasteiger partial charge in [-0.3, -0.25) is 0 Å². The molecule has 0 aliphatic carbocycles. The highest BCUT2D eigenvalue weighted by molar-refractivity contribution is 8.68. The first-order chi connectivity index (χ1) is 3.41. The van der Waals surface area contributed by atoms with E-state index in [2.05, 4.69) is 18.2 Å². The van der Waals surface area contributed by atoms with Crippen LogP contribution in [0.2, 0.25) is 0 Å². The van der Waals surface area contributed by atoms with E-state index in [1.165, 1.54) is 10.8 Å². The van der Waals surface area contributed by atoms with Crippen molar-refractivity contribution in [3.8, 4) is 0 Å². The van der Waals surface area contributed by atoms with Crippen LogP contribution in [0.5, 0.6) is 0 Å². The van der Waals surface area contributed by atoms with E-state index in [-0.39, 0.29) is 0 Å². The minimum Gasteiger partial charge on any atom is -0.366 e. The lowest BCUT2D eigenvalue weighted by molar-refractivity contribution is 0.218. The van der Waals surface area contributed by atoms with Crippen LogP contribution >= 0.6 is 22.5 Å². The zero-order valence-corrected chi connectivity index (χ0v) is 5.67. The van der Waals surface area contributed by atoms with Crippen molar-refractivity contribution >= 4 is 22.5 Å². The fraction of sp³-hybridized carbons (Fsp3) is 0.500. The first kappa shape index (κ1) is 7.40. The molecule has 0 aromatic carbocycles. The van der Waals surface area contributed by atoms with Crippen LogP contribution in [-0.4, -0.2) is 12.5 Å². The molecular formula is C4H8OS2. The second kappa shape index (κ2) is 6.40. The molecule has 0 fully saturated rings. The summed E-state index contributed by atoms with van der Waals surface area (Å²) in [6.45, 7) is 4.09. The number of thiol groups is 1. The van der Waals surface area contributed by atoms with E-state index in [0.717, 1.165) is 0 Å². The first-order valence-corrected chi connectivity index (χ1v) is 3.90. The van der Waals surface area contributed by atoms with Gasteiger partial charge in [0.05, 0.1) is 6.61 Å². The molecule has 0 N–H and O–H groups in total. The molecule has 0 aromatic rings. The van der Waals surface area contributed by atoms with Crippen molar-refractivity contribution in [2.45, 2.75) is 0 Å². The van der Waals surface area contributed by atoms with Crippen LogP contribution in [0.25, 0.3) is 0 Å². The van der Waals surface area contributed by atoms with Crippen molar-refractivity contribution in [2.24, 2.45) is 0 Å². The molecule has 0 heterocycles. The minimum absolute atomic E-state index is 0.619. The molecule has 0 aliphatic rings. The molecule has 0 amide bonds. The summed E-state index contributed by atoms with van der Waals surface area (Å²) in [6.07, 6.45) is 1.71. The summed E-state index contributed by atoms with van der Waals surface area (Å²) in [6, 6.07) is 0. The third kappa shape index (κ3) is 6.40. The molecule has 0 saturated heterocycles. The summed E-state index contributed by atoms with van der Waals surface area (Å²) in [4.78, 5) is 0. The van der Waals surface area contributed by atoms with E-state index in [9.17, 15) is 0 Å². The molecule has 0 saturated carbocycles. The predicted octanol–water partition coefficient (Wildman–Crippen LogP) is 1.72. The summed E-state index contributed by atoms with van der Waals surface area (Å²) in [5.74, 6) is 0.634. The Labute approximate surface area is 52.9 Å². The van der Waals surface area contributed by atoms with Gasteiger partial charge >= 0.3 is 0 Å². The predicted molar refractivity (Wildman–Crippen MR) is 37.6 cm³/mol. The van der Waals surface area contributed by atoms with Gasteiger partial charge in [0.2, 0.25) is 0 Å². The van der Waals surface area contributed by atoms with E-state index < -0.39 is 0 Å². The van der Waals surface area contributed by atoms with Crippen molar-refractivity contribution in [1.29, 1.82) is 0 Å². The van der Waals surface area contributed by atoms with Crippen LogP contribution in [0.4, 0.5) is 0 Å². The average Bonchev–Trinajstić information content (AvgIpc) is 1.69. The quantitative estimate of drug-likeness (QED) is 0.207. The largest absolute Gasteiger partial charge is 0.366 e. The van der Waals surface area contributed by atoms with Gasteiger partial charge in [0.1, 0.15) is 5.94 Å². The van der Waals surface area contributed by atoms with Gasteiger partial charge in [0.15, 0.2) is 0 Å². The molecule has 7 heavy (non-hydrogen) atoms. The third-order valence-corrected chi connectivity index (χ3v) is 0.960. The average molecular weight is 136 g/mol. The summed E-state index contributed by atoms with van der Waals surface area (Å²) >= 11 is 3.85. The van der Waals surface area contributed by atoms with Crippen LogP contribution in [0.3, 0.4) is 0 Å². The Morgan fingerprint density at radius 3 is 3.00 bits per heavy atom. The zero-order valence-electron chi connectivity index (χ0n) is 3.96. The maximum absolute atomic E-state index is 4.90. The lowest BCUT2D eigenvalue weighted by Gasteiger charge is -1.91.